The van der Waals surface area contributed by atoms with Gasteiger partial charge in [-0.25, -0.2) is 4.79 Å². The maximum absolute atomic E-state index is 11.0. The molecule has 1 unspecified atom stereocenters. The molecule has 6 heteroatoms. The van der Waals surface area contributed by atoms with Gasteiger partial charge in [-0.05, 0) is 23.8 Å². The van der Waals surface area contributed by atoms with Crippen LogP contribution in [0.5, 0.6) is 11.5 Å². The Morgan fingerprint density at radius 3 is 2.95 bits per heavy atom. The summed E-state index contributed by atoms with van der Waals surface area (Å²) in [5, 5.41) is 2.46. The van der Waals surface area contributed by atoms with Gasteiger partial charge in [0.05, 0.1) is 13.7 Å². The second-order valence-corrected chi connectivity index (χ2v) is 4.54. The first-order chi connectivity index (χ1) is 10.7. The zero-order valence-electron chi connectivity index (χ0n) is 12.4. The zero-order valence-corrected chi connectivity index (χ0v) is 12.4. The minimum atomic E-state index is -0.524. The van der Waals surface area contributed by atoms with E-state index in [0.717, 1.165) is 12.2 Å². The first kappa shape index (κ1) is 15.9. The molecule has 2 rings (SSSR count). The van der Waals surface area contributed by atoms with Crippen LogP contribution in [-0.4, -0.2) is 39.1 Å². The number of carbonyl (C=O) groups is 1. The van der Waals surface area contributed by atoms with Gasteiger partial charge in [0.15, 0.2) is 11.5 Å². The average Bonchev–Trinajstić information content (AvgIpc) is 3.36. The summed E-state index contributed by atoms with van der Waals surface area (Å²) in [7, 11) is 1.31. The van der Waals surface area contributed by atoms with E-state index in [1.807, 2.05) is 18.2 Å². The number of nitrogens with one attached hydrogen (secondary N) is 1. The second kappa shape index (κ2) is 8.09. The highest BCUT2D eigenvalue weighted by molar-refractivity contribution is 5.69. The summed E-state index contributed by atoms with van der Waals surface area (Å²) in [6, 6.07) is 5.50. The smallest absolute Gasteiger partial charge is 0.410 e. The topological polar surface area (TPSA) is 69.3 Å². The predicted octanol–water partition coefficient (Wildman–Crippen LogP) is 2.36. The molecule has 0 spiro atoms. The van der Waals surface area contributed by atoms with Crippen molar-refractivity contribution in [1.29, 1.82) is 0 Å². The molecule has 1 N–H and O–H groups in total. The standard InChI is InChI=1S/C16H19NO5/c1-3-8-20-15-9-12(6-7-17-16(18)19-2)4-5-14(15)22-11-13-10-21-13/h3-7,9,13H,1,8,10-11H2,2H3,(H,17,18). The molecule has 0 radical (unpaired) electrons. The largest absolute Gasteiger partial charge is 0.487 e. The van der Waals surface area contributed by atoms with Gasteiger partial charge in [-0.1, -0.05) is 18.7 Å². The first-order valence-electron chi connectivity index (χ1n) is 6.86. The van der Waals surface area contributed by atoms with Crippen molar-refractivity contribution in [1.82, 2.24) is 5.32 Å². The lowest BCUT2D eigenvalue weighted by molar-refractivity contribution is 0.175. The number of amides is 1. The van der Waals surface area contributed by atoms with Crippen LogP contribution in [0.3, 0.4) is 0 Å². The van der Waals surface area contributed by atoms with E-state index in [-0.39, 0.29) is 6.10 Å². The molecule has 0 aromatic heterocycles. The number of methoxy groups -OCH3 is 1. The summed E-state index contributed by atoms with van der Waals surface area (Å²) >= 11 is 0. The normalized spacial score (nSPS) is 16.1. The highest BCUT2D eigenvalue weighted by Crippen LogP contribution is 2.29. The van der Waals surface area contributed by atoms with Gasteiger partial charge in [0.1, 0.15) is 19.3 Å². The van der Waals surface area contributed by atoms with Crippen molar-refractivity contribution in [2.45, 2.75) is 6.10 Å². The van der Waals surface area contributed by atoms with E-state index in [2.05, 4.69) is 16.6 Å². The Balaban J connectivity index is 2.03. The third kappa shape index (κ3) is 5.14. The van der Waals surface area contributed by atoms with E-state index < -0.39 is 6.09 Å². The van der Waals surface area contributed by atoms with Crippen LogP contribution in [-0.2, 0) is 9.47 Å². The number of alkyl carbamates (subject to hydrolysis) is 1. The molecule has 1 aliphatic rings. The fraction of sp³-hybridized carbons (Fsp3) is 0.312. The molecule has 1 atom stereocenters. The van der Waals surface area contributed by atoms with Crippen LogP contribution in [0, 0.1) is 0 Å². The van der Waals surface area contributed by atoms with Gasteiger partial charge in [-0.15, -0.1) is 0 Å². The van der Waals surface area contributed by atoms with Crippen LogP contribution in [0.4, 0.5) is 4.79 Å². The van der Waals surface area contributed by atoms with Crippen molar-refractivity contribution in [2.24, 2.45) is 0 Å². The van der Waals surface area contributed by atoms with Gasteiger partial charge >= 0.3 is 6.09 Å². The van der Waals surface area contributed by atoms with E-state index in [4.69, 9.17) is 14.2 Å². The minimum absolute atomic E-state index is 0.177. The van der Waals surface area contributed by atoms with Gasteiger partial charge < -0.3 is 18.9 Å². The quantitative estimate of drug-likeness (QED) is 0.590. The van der Waals surface area contributed by atoms with Crippen molar-refractivity contribution >= 4 is 12.2 Å². The Morgan fingerprint density at radius 1 is 1.45 bits per heavy atom. The number of ether oxygens (including phenoxy) is 4. The van der Waals surface area contributed by atoms with Gasteiger partial charge in [-0.2, -0.15) is 0 Å². The number of hydrogen-bond acceptors (Lipinski definition) is 5. The van der Waals surface area contributed by atoms with Gasteiger partial charge in [0.25, 0.3) is 0 Å². The van der Waals surface area contributed by atoms with Crippen molar-refractivity contribution in [3.05, 3.63) is 42.6 Å². The zero-order chi connectivity index (χ0) is 15.8. The Morgan fingerprint density at radius 2 is 2.27 bits per heavy atom. The molecule has 1 aliphatic heterocycles. The molecule has 1 fully saturated rings. The molecule has 1 amide bonds. The maximum atomic E-state index is 11.0. The lowest BCUT2D eigenvalue weighted by atomic mass is 10.2. The van der Waals surface area contributed by atoms with Crippen molar-refractivity contribution in [3.63, 3.8) is 0 Å². The summed E-state index contributed by atoms with van der Waals surface area (Å²) in [6.07, 6.45) is 4.54. The molecule has 118 valence electrons. The van der Waals surface area contributed by atoms with Gasteiger partial charge in [-0.3, -0.25) is 5.32 Å². The fourth-order valence-corrected chi connectivity index (χ4v) is 1.62. The molecule has 0 aliphatic carbocycles. The third-order valence-electron chi connectivity index (χ3n) is 2.81. The van der Waals surface area contributed by atoms with E-state index in [0.29, 0.717) is 24.7 Å². The number of epoxide rings is 1. The lowest BCUT2D eigenvalue weighted by Crippen LogP contribution is -2.15. The van der Waals surface area contributed by atoms with Crippen molar-refractivity contribution < 1.29 is 23.7 Å². The molecule has 6 nitrogen and oxygen atoms in total. The number of benzene rings is 1. The molecule has 1 heterocycles. The summed E-state index contributed by atoms with van der Waals surface area (Å²) in [5.74, 6) is 1.26. The fourth-order valence-electron chi connectivity index (χ4n) is 1.62. The van der Waals surface area contributed by atoms with Gasteiger partial charge in [0.2, 0.25) is 0 Å². The van der Waals surface area contributed by atoms with E-state index >= 15 is 0 Å². The molecular formula is C16H19NO5. The molecule has 1 aromatic rings. The molecule has 22 heavy (non-hydrogen) atoms. The van der Waals surface area contributed by atoms with E-state index in [9.17, 15) is 4.79 Å². The van der Waals surface area contributed by atoms with Crippen LogP contribution in [0.1, 0.15) is 5.56 Å². The summed E-state index contributed by atoms with van der Waals surface area (Å²) in [4.78, 5) is 11.0. The van der Waals surface area contributed by atoms with Crippen molar-refractivity contribution in [2.75, 3.05) is 26.9 Å². The maximum Gasteiger partial charge on any atom is 0.410 e. The van der Waals surface area contributed by atoms with Crippen LogP contribution < -0.4 is 14.8 Å². The Bertz CT molecular complexity index is 551. The monoisotopic (exact) mass is 305 g/mol. The second-order valence-electron chi connectivity index (χ2n) is 4.54. The molecule has 0 saturated carbocycles. The summed E-state index contributed by atoms with van der Waals surface area (Å²) in [6.45, 7) is 5.25. The number of hydrogen-bond donors (Lipinski definition) is 1. The summed E-state index contributed by atoms with van der Waals surface area (Å²) < 4.78 is 20.9. The predicted molar refractivity (Wildman–Crippen MR) is 81.9 cm³/mol. The van der Waals surface area contributed by atoms with Crippen LogP contribution >= 0.6 is 0 Å². The average molecular weight is 305 g/mol. The minimum Gasteiger partial charge on any atom is -0.487 e. The Labute approximate surface area is 129 Å². The molecule has 1 aromatic carbocycles. The number of carbonyl (C=O) groups excluding carboxylic acids is 1. The van der Waals surface area contributed by atoms with E-state index in [1.165, 1.54) is 13.3 Å². The van der Waals surface area contributed by atoms with Crippen LogP contribution in [0.2, 0.25) is 0 Å². The van der Waals surface area contributed by atoms with E-state index in [1.54, 1.807) is 12.2 Å². The highest BCUT2D eigenvalue weighted by atomic mass is 16.6. The van der Waals surface area contributed by atoms with Crippen molar-refractivity contribution in [3.8, 4) is 11.5 Å². The lowest BCUT2D eigenvalue weighted by Gasteiger charge is -2.12. The number of rotatable bonds is 8. The van der Waals surface area contributed by atoms with Crippen LogP contribution in [0.25, 0.3) is 6.08 Å². The first-order valence-corrected chi connectivity index (χ1v) is 6.86. The SMILES string of the molecule is C=CCOc1cc(C=CNC(=O)OC)ccc1OCC1CO1. The Kier molecular flexibility index (Phi) is 5.85. The van der Waals surface area contributed by atoms with Gasteiger partial charge in [0, 0.05) is 6.20 Å². The molecule has 0 bridgehead atoms. The third-order valence-corrected chi connectivity index (χ3v) is 2.81. The highest BCUT2D eigenvalue weighted by Gasteiger charge is 2.23. The Hall–Kier alpha value is -2.47. The summed E-state index contributed by atoms with van der Waals surface area (Å²) in [5.41, 5.74) is 0.852. The van der Waals surface area contributed by atoms with Crippen LogP contribution in [0.15, 0.2) is 37.1 Å². The molecular weight excluding hydrogens is 286 g/mol. The molecule has 1 saturated heterocycles.